The van der Waals surface area contributed by atoms with Gasteiger partial charge in [0, 0.05) is 11.8 Å². The van der Waals surface area contributed by atoms with Crippen molar-refractivity contribution in [3.05, 3.63) is 24.0 Å². The number of amidine groups is 1. The number of ether oxygens (including phenoxy) is 1. The Morgan fingerprint density at radius 3 is 3.06 bits per heavy atom. The average molecular weight is 254 g/mol. The molecule has 92 valence electrons. The molecular weight excluding hydrogens is 239 g/mol. The van der Waals surface area contributed by atoms with E-state index in [1.54, 1.807) is 31.0 Å². The molecule has 0 aliphatic carbocycles. The van der Waals surface area contributed by atoms with Gasteiger partial charge in [0.15, 0.2) is 5.17 Å². The Labute approximate surface area is 104 Å². The largest absolute Gasteiger partial charge is 0.497 e. The Bertz CT molecular complexity index is 437. The van der Waals surface area contributed by atoms with Gasteiger partial charge in [-0.2, -0.15) is 0 Å². The number of nitrogens with one attached hydrogen (secondary N) is 1. The van der Waals surface area contributed by atoms with E-state index in [1.807, 2.05) is 0 Å². The maximum absolute atomic E-state index is 13.6. The third-order valence-corrected chi connectivity index (χ3v) is 3.45. The van der Waals surface area contributed by atoms with E-state index in [-0.39, 0.29) is 5.82 Å². The van der Waals surface area contributed by atoms with Gasteiger partial charge in [-0.1, -0.05) is 11.8 Å². The van der Waals surface area contributed by atoms with E-state index < -0.39 is 0 Å². The highest BCUT2D eigenvalue weighted by molar-refractivity contribution is 8.14. The zero-order valence-corrected chi connectivity index (χ0v) is 10.7. The van der Waals surface area contributed by atoms with Gasteiger partial charge in [-0.3, -0.25) is 4.99 Å². The fourth-order valence-electron chi connectivity index (χ4n) is 1.54. The van der Waals surface area contributed by atoms with E-state index in [4.69, 9.17) is 4.74 Å². The fraction of sp³-hybridized carbons (Fsp3) is 0.417. The quantitative estimate of drug-likeness (QED) is 0.880. The maximum atomic E-state index is 13.6. The van der Waals surface area contributed by atoms with Crippen LogP contribution in [0, 0.1) is 5.82 Å². The predicted molar refractivity (Wildman–Crippen MR) is 70.5 cm³/mol. The molecule has 0 saturated carbocycles. The second-order valence-electron chi connectivity index (χ2n) is 3.89. The first-order valence-corrected chi connectivity index (χ1v) is 6.49. The molecule has 2 rings (SSSR count). The van der Waals surface area contributed by atoms with Crippen LogP contribution in [0.15, 0.2) is 23.2 Å². The number of halogens is 1. The topological polar surface area (TPSA) is 33.6 Å². The minimum absolute atomic E-state index is 0.299. The van der Waals surface area contributed by atoms with Gasteiger partial charge in [-0.05, 0) is 25.5 Å². The van der Waals surface area contributed by atoms with Gasteiger partial charge >= 0.3 is 0 Å². The lowest BCUT2D eigenvalue weighted by Gasteiger charge is -2.18. The van der Waals surface area contributed by atoms with E-state index in [9.17, 15) is 4.39 Å². The van der Waals surface area contributed by atoms with Crippen molar-refractivity contribution in [1.82, 2.24) is 0 Å². The summed E-state index contributed by atoms with van der Waals surface area (Å²) < 4.78 is 18.6. The highest BCUT2D eigenvalue weighted by atomic mass is 32.2. The first-order chi connectivity index (χ1) is 8.19. The summed E-state index contributed by atoms with van der Waals surface area (Å²) in [5.74, 6) is 1.34. The van der Waals surface area contributed by atoms with E-state index in [0.29, 0.717) is 17.5 Å². The van der Waals surface area contributed by atoms with Crippen LogP contribution in [0.1, 0.15) is 13.3 Å². The van der Waals surface area contributed by atoms with E-state index in [2.05, 4.69) is 17.2 Å². The van der Waals surface area contributed by atoms with Crippen molar-refractivity contribution in [2.24, 2.45) is 4.99 Å². The minimum atomic E-state index is -0.299. The molecule has 0 saturated heterocycles. The summed E-state index contributed by atoms with van der Waals surface area (Å²) in [6.07, 6.45) is 1.07. The van der Waals surface area contributed by atoms with Crippen molar-refractivity contribution in [3.63, 3.8) is 0 Å². The molecular formula is C12H15FN2OS. The van der Waals surface area contributed by atoms with E-state index in [1.165, 1.54) is 6.07 Å². The minimum Gasteiger partial charge on any atom is -0.497 e. The second-order valence-corrected chi connectivity index (χ2v) is 4.97. The van der Waals surface area contributed by atoms with Crippen LogP contribution in [-0.4, -0.2) is 24.1 Å². The molecule has 0 fully saturated rings. The standard InChI is InChI=1S/C12H15FN2OS/c1-8-5-6-17-12(14-8)15-11-7-9(16-2)3-4-10(11)13/h3-4,7-8H,5-6H2,1-2H3,(H,14,15). The monoisotopic (exact) mass is 254 g/mol. The van der Waals surface area contributed by atoms with Crippen molar-refractivity contribution < 1.29 is 9.13 Å². The summed E-state index contributed by atoms with van der Waals surface area (Å²) in [5, 5.41) is 3.79. The molecule has 3 nitrogen and oxygen atoms in total. The van der Waals surface area contributed by atoms with Gasteiger partial charge < -0.3 is 10.1 Å². The average Bonchev–Trinajstić information content (AvgIpc) is 2.32. The normalized spacial score (nSPS) is 19.7. The summed E-state index contributed by atoms with van der Waals surface area (Å²) in [7, 11) is 1.56. The summed E-state index contributed by atoms with van der Waals surface area (Å²) in [6.45, 7) is 2.06. The molecule has 1 aromatic rings. The van der Waals surface area contributed by atoms with Gasteiger partial charge in [-0.15, -0.1) is 0 Å². The Morgan fingerprint density at radius 2 is 2.35 bits per heavy atom. The summed E-state index contributed by atoms with van der Waals surface area (Å²) in [4.78, 5) is 4.44. The smallest absolute Gasteiger partial charge is 0.161 e. The number of anilines is 1. The number of nitrogens with zero attached hydrogens (tertiary/aromatic N) is 1. The fourth-order valence-corrected chi connectivity index (χ4v) is 2.63. The summed E-state index contributed by atoms with van der Waals surface area (Å²) in [6, 6.07) is 4.92. The summed E-state index contributed by atoms with van der Waals surface area (Å²) >= 11 is 1.62. The molecule has 17 heavy (non-hydrogen) atoms. The van der Waals surface area contributed by atoms with E-state index >= 15 is 0 Å². The molecule has 0 amide bonds. The molecule has 5 heteroatoms. The van der Waals surface area contributed by atoms with Crippen LogP contribution in [0.2, 0.25) is 0 Å². The SMILES string of the molecule is COc1ccc(F)c(NC2=NC(C)CCS2)c1. The number of thioether (sulfide) groups is 1. The number of hydrogen-bond donors (Lipinski definition) is 1. The van der Waals surface area contributed by atoms with Gasteiger partial charge in [0.25, 0.3) is 0 Å². The molecule has 1 atom stereocenters. The molecule has 1 heterocycles. The van der Waals surface area contributed by atoms with Crippen molar-refractivity contribution >= 4 is 22.6 Å². The Morgan fingerprint density at radius 1 is 1.53 bits per heavy atom. The van der Waals surface area contributed by atoms with Crippen LogP contribution in [0.3, 0.4) is 0 Å². The van der Waals surface area contributed by atoms with Crippen LogP contribution < -0.4 is 10.1 Å². The zero-order valence-electron chi connectivity index (χ0n) is 9.87. The number of hydrogen-bond acceptors (Lipinski definition) is 4. The Kier molecular flexibility index (Phi) is 3.89. The van der Waals surface area contributed by atoms with Crippen molar-refractivity contribution in [2.45, 2.75) is 19.4 Å². The second kappa shape index (κ2) is 5.40. The summed E-state index contributed by atoms with van der Waals surface area (Å²) in [5.41, 5.74) is 0.407. The highest BCUT2D eigenvalue weighted by Crippen LogP contribution is 2.24. The third kappa shape index (κ3) is 3.12. The van der Waals surface area contributed by atoms with Crippen molar-refractivity contribution in [1.29, 1.82) is 0 Å². The number of methoxy groups -OCH3 is 1. The lowest BCUT2D eigenvalue weighted by molar-refractivity contribution is 0.414. The van der Waals surface area contributed by atoms with Gasteiger partial charge in [0.1, 0.15) is 11.6 Å². The Hall–Kier alpha value is -1.23. The number of rotatable bonds is 2. The molecule has 1 N–H and O–H groups in total. The molecule has 1 aliphatic rings. The highest BCUT2D eigenvalue weighted by Gasteiger charge is 2.13. The molecule has 1 unspecified atom stereocenters. The number of benzene rings is 1. The lowest BCUT2D eigenvalue weighted by Crippen LogP contribution is -2.18. The van der Waals surface area contributed by atoms with Gasteiger partial charge in [-0.25, -0.2) is 4.39 Å². The van der Waals surface area contributed by atoms with Crippen LogP contribution in [0.25, 0.3) is 0 Å². The van der Waals surface area contributed by atoms with Gasteiger partial charge in [0.2, 0.25) is 0 Å². The van der Waals surface area contributed by atoms with Crippen LogP contribution in [0.4, 0.5) is 10.1 Å². The lowest BCUT2D eigenvalue weighted by atomic mass is 10.3. The molecule has 0 aromatic heterocycles. The predicted octanol–water partition coefficient (Wildman–Crippen LogP) is 3.13. The van der Waals surface area contributed by atoms with Gasteiger partial charge in [0.05, 0.1) is 18.8 Å². The van der Waals surface area contributed by atoms with Crippen LogP contribution >= 0.6 is 11.8 Å². The van der Waals surface area contributed by atoms with Crippen molar-refractivity contribution in [2.75, 3.05) is 18.2 Å². The maximum Gasteiger partial charge on any atom is 0.161 e. The first kappa shape index (κ1) is 12.2. The molecule has 0 spiro atoms. The molecule has 1 aliphatic heterocycles. The van der Waals surface area contributed by atoms with Crippen LogP contribution in [0.5, 0.6) is 5.75 Å². The number of aliphatic imine (C=N–C) groups is 1. The van der Waals surface area contributed by atoms with E-state index in [0.717, 1.165) is 17.3 Å². The first-order valence-electron chi connectivity index (χ1n) is 5.50. The molecule has 0 bridgehead atoms. The molecule has 0 radical (unpaired) electrons. The Balaban J connectivity index is 2.17. The zero-order chi connectivity index (χ0) is 12.3. The van der Waals surface area contributed by atoms with Crippen LogP contribution in [-0.2, 0) is 0 Å². The third-order valence-electron chi connectivity index (χ3n) is 2.53. The molecule has 1 aromatic carbocycles. The van der Waals surface area contributed by atoms with Crippen molar-refractivity contribution in [3.8, 4) is 5.75 Å².